The predicted molar refractivity (Wildman–Crippen MR) is 74.7 cm³/mol. The molecule has 4 nitrogen and oxygen atoms in total. The van der Waals surface area contributed by atoms with E-state index in [2.05, 4.69) is 28.7 Å². The number of rotatable bonds is 10. The number of imidazole rings is 1. The van der Waals surface area contributed by atoms with Gasteiger partial charge in [-0.15, -0.1) is 0 Å². The number of hydrogen-bond donors (Lipinski definition) is 1. The summed E-state index contributed by atoms with van der Waals surface area (Å²) < 4.78 is 7.31. The van der Waals surface area contributed by atoms with Gasteiger partial charge in [-0.1, -0.05) is 26.2 Å². The lowest BCUT2D eigenvalue weighted by molar-refractivity contribution is 0.199. The summed E-state index contributed by atoms with van der Waals surface area (Å²) >= 11 is 0. The van der Waals surface area contributed by atoms with Crippen LogP contribution in [0.2, 0.25) is 0 Å². The Hall–Kier alpha value is -0.870. The van der Waals surface area contributed by atoms with Crippen LogP contribution in [0.3, 0.4) is 0 Å². The lowest BCUT2D eigenvalue weighted by Gasteiger charge is -2.16. The molecule has 0 aromatic carbocycles. The Bertz CT molecular complexity index is 312. The van der Waals surface area contributed by atoms with Crippen LogP contribution in [-0.2, 0) is 11.3 Å². The van der Waals surface area contributed by atoms with Gasteiger partial charge in [0.25, 0.3) is 0 Å². The van der Waals surface area contributed by atoms with Crippen molar-refractivity contribution in [3.05, 3.63) is 18.2 Å². The first-order valence-corrected chi connectivity index (χ1v) is 7.00. The highest BCUT2D eigenvalue weighted by Crippen LogP contribution is 2.17. The van der Waals surface area contributed by atoms with Crippen LogP contribution < -0.4 is 5.32 Å². The summed E-state index contributed by atoms with van der Waals surface area (Å²) in [5.74, 6) is 0. The van der Waals surface area contributed by atoms with E-state index in [1.165, 1.54) is 31.4 Å². The van der Waals surface area contributed by atoms with Crippen molar-refractivity contribution in [1.29, 1.82) is 0 Å². The summed E-state index contributed by atoms with van der Waals surface area (Å²) in [5.41, 5.74) is 1.26. The second kappa shape index (κ2) is 9.11. The van der Waals surface area contributed by atoms with Crippen molar-refractivity contribution in [2.24, 2.45) is 0 Å². The average molecular weight is 253 g/mol. The van der Waals surface area contributed by atoms with E-state index in [4.69, 9.17) is 4.74 Å². The Morgan fingerprint density at radius 1 is 1.44 bits per heavy atom. The van der Waals surface area contributed by atoms with Gasteiger partial charge < -0.3 is 14.6 Å². The van der Waals surface area contributed by atoms with Crippen LogP contribution in [0.5, 0.6) is 0 Å². The van der Waals surface area contributed by atoms with Gasteiger partial charge in [0.05, 0.1) is 18.6 Å². The molecule has 104 valence electrons. The van der Waals surface area contributed by atoms with Gasteiger partial charge in [-0.05, 0) is 13.3 Å². The molecule has 0 aliphatic heterocycles. The molecule has 18 heavy (non-hydrogen) atoms. The topological polar surface area (TPSA) is 39.1 Å². The molecule has 0 saturated carbocycles. The molecular formula is C14H27N3O. The normalized spacial score (nSPS) is 12.8. The first kappa shape index (κ1) is 15.2. The van der Waals surface area contributed by atoms with Gasteiger partial charge in [0.15, 0.2) is 0 Å². The summed E-state index contributed by atoms with van der Waals surface area (Å²) in [7, 11) is 1.72. The third-order valence-electron chi connectivity index (χ3n) is 3.24. The van der Waals surface area contributed by atoms with Crippen molar-refractivity contribution < 1.29 is 4.74 Å². The Kier molecular flexibility index (Phi) is 7.69. The smallest absolute Gasteiger partial charge is 0.0951 e. The van der Waals surface area contributed by atoms with Crippen LogP contribution >= 0.6 is 0 Å². The Balaban J connectivity index is 2.38. The number of nitrogens with one attached hydrogen (secondary N) is 1. The third kappa shape index (κ3) is 5.19. The zero-order valence-electron chi connectivity index (χ0n) is 12.0. The molecule has 1 rings (SSSR count). The number of hydrogen-bond acceptors (Lipinski definition) is 3. The van der Waals surface area contributed by atoms with Crippen molar-refractivity contribution in [2.45, 2.75) is 52.1 Å². The van der Waals surface area contributed by atoms with Crippen molar-refractivity contribution in [3.63, 3.8) is 0 Å². The molecule has 4 heteroatoms. The lowest BCUT2D eigenvalue weighted by Crippen LogP contribution is -2.21. The third-order valence-corrected chi connectivity index (χ3v) is 3.24. The maximum atomic E-state index is 5.02. The van der Waals surface area contributed by atoms with E-state index in [9.17, 15) is 0 Å². The van der Waals surface area contributed by atoms with E-state index in [1.807, 2.05) is 12.5 Å². The molecule has 0 aliphatic rings. The van der Waals surface area contributed by atoms with Crippen LogP contribution in [0.15, 0.2) is 12.5 Å². The second-order valence-corrected chi connectivity index (χ2v) is 4.81. The molecule has 0 aliphatic carbocycles. The van der Waals surface area contributed by atoms with Crippen LogP contribution in [0, 0.1) is 0 Å². The van der Waals surface area contributed by atoms with E-state index in [0.29, 0.717) is 6.04 Å². The van der Waals surface area contributed by atoms with E-state index in [0.717, 1.165) is 19.7 Å². The largest absolute Gasteiger partial charge is 0.383 e. The summed E-state index contributed by atoms with van der Waals surface area (Å²) in [6.07, 6.45) is 9.03. The van der Waals surface area contributed by atoms with E-state index < -0.39 is 0 Å². The van der Waals surface area contributed by atoms with Gasteiger partial charge in [-0.25, -0.2) is 4.98 Å². The molecular weight excluding hydrogens is 226 g/mol. The zero-order valence-corrected chi connectivity index (χ0v) is 12.0. The van der Waals surface area contributed by atoms with E-state index in [1.54, 1.807) is 7.11 Å². The summed E-state index contributed by atoms with van der Waals surface area (Å²) in [5, 5.41) is 3.37. The lowest BCUT2D eigenvalue weighted by atomic mass is 10.1. The number of unbranched alkanes of at least 4 members (excludes halogenated alkanes) is 2. The highest BCUT2D eigenvalue weighted by molar-refractivity contribution is 4.99. The standard InChI is InChI=1S/C14H27N3O/c1-4-5-6-7-13(2)17-12-16-11-14(17)10-15-8-9-18-3/h11-13,15H,4-10H2,1-3H3. The molecule has 0 bridgehead atoms. The minimum Gasteiger partial charge on any atom is -0.383 e. The highest BCUT2D eigenvalue weighted by atomic mass is 16.5. The van der Waals surface area contributed by atoms with E-state index in [-0.39, 0.29) is 0 Å². The predicted octanol–water partition coefficient (Wildman–Crippen LogP) is 2.76. The molecule has 1 atom stereocenters. The SMILES string of the molecule is CCCCCC(C)n1cncc1CNCCOC. The van der Waals surface area contributed by atoms with E-state index >= 15 is 0 Å². The fourth-order valence-corrected chi connectivity index (χ4v) is 2.09. The molecule has 1 N–H and O–H groups in total. The average Bonchev–Trinajstić information content (AvgIpc) is 2.83. The number of ether oxygens (including phenoxy) is 1. The molecule has 0 spiro atoms. The monoisotopic (exact) mass is 253 g/mol. The van der Waals surface area contributed by atoms with Crippen LogP contribution in [0.25, 0.3) is 0 Å². The summed E-state index contributed by atoms with van der Waals surface area (Å²) in [6, 6.07) is 0.540. The number of aromatic nitrogens is 2. The van der Waals surface area contributed by atoms with Gasteiger partial charge in [0, 0.05) is 32.4 Å². The summed E-state index contributed by atoms with van der Waals surface area (Å²) in [6.45, 7) is 7.01. The van der Waals surface area contributed by atoms with Crippen LogP contribution in [-0.4, -0.2) is 29.8 Å². The second-order valence-electron chi connectivity index (χ2n) is 4.81. The molecule has 1 heterocycles. The molecule has 0 radical (unpaired) electrons. The minimum absolute atomic E-state index is 0.540. The van der Waals surface area contributed by atoms with Crippen molar-refractivity contribution in [2.75, 3.05) is 20.3 Å². The van der Waals surface area contributed by atoms with Gasteiger partial charge in [-0.3, -0.25) is 0 Å². The first-order chi connectivity index (χ1) is 8.79. The number of nitrogens with zero attached hydrogens (tertiary/aromatic N) is 2. The fraction of sp³-hybridized carbons (Fsp3) is 0.786. The quantitative estimate of drug-likeness (QED) is 0.652. The Morgan fingerprint density at radius 2 is 2.28 bits per heavy atom. The molecule has 0 saturated heterocycles. The van der Waals surface area contributed by atoms with Gasteiger partial charge in [0.2, 0.25) is 0 Å². The minimum atomic E-state index is 0.540. The van der Waals surface area contributed by atoms with Gasteiger partial charge >= 0.3 is 0 Å². The molecule has 1 aromatic heterocycles. The van der Waals surface area contributed by atoms with Crippen molar-refractivity contribution in [3.8, 4) is 0 Å². The summed E-state index contributed by atoms with van der Waals surface area (Å²) in [4.78, 5) is 4.26. The van der Waals surface area contributed by atoms with Crippen LogP contribution in [0.1, 0.15) is 51.3 Å². The fourth-order valence-electron chi connectivity index (χ4n) is 2.09. The van der Waals surface area contributed by atoms with Crippen LogP contribution in [0.4, 0.5) is 0 Å². The Labute approximate surface area is 111 Å². The molecule has 0 fully saturated rings. The molecule has 0 amide bonds. The van der Waals surface area contributed by atoms with Crippen molar-refractivity contribution in [1.82, 2.24) is 14.9 Å². The first-order valence-electron chi connectivity index (χ1n) is 7.00. The zero-order chi connectivity index (χ0) is 13.2. The molecule has 1 aromatic rings. The van der Waals surface area contributed by atoms with Gasteiger partial charge in [0.1, 0.15) is 0 Å². The highest BCUT2D eigenvalue weighted by Gasteiger charge is 2.08. The number of methoxy groups -OCH3 is 1. The Morgan fingerprint density at radius 3 is 3.00 bits per heavy atom. The maximum Gasteiger partial charge on any atom is 0.0951 e. The van der Waals surface area contributed by atoms with Crippen molar-refractivity contribution >= 4 is 0 Å². The van der Waals surface area contributed by atoms with Gasteiger partial charge in [-0.2, -0.15) is 0 Å². The maximum absolute atomic E-state index is 5.02. The molecule has 1 unspecified atom stereocenters.